The highest BCUT2D eigenvalue weighted by Gasteiger charge is 2.14. The SMILES string of the molecule is CO[N+](=O)c1ccc(C(=O)O)cc1. The predicted molar refractivity (Wildman–Crippen MR) is 43.7 cm³/mol. The number of carboxylic acid groups (broad SMARTS) is 1. The van der Waals surface area contributed by atoms with Gasteiger partial charge in [0.2, 0.25) is 0 Å². The Hall–Kier alpha value is -1.91. The zero-order valence-corrected chi connectivity index (χ0v) is 6.93. The normalized spacial score (nSPS) is 9.31. The van der Waals surface area contributed by atoms with E-state index in [9.17, 15) is 9.70 Å². The quantitative estimate of drug-likeness (QED) is 0.716. The van der Waals surface area contributed by atoms with Crippen LogP contribution in [0.5, 0.6) is 0 Å². The molecule has 0 aliphatic rings. The second-order valence-corrected chi connectivity index (χ2v) is 2.29. The van der Waals surface area contributed by atoms with Gasteiger partial charge in [0.05, 0.1) is 10.5 Å². The summed E-state index contributed by atoms with van der Waals surface area (Å²) in [6.07, 6.45) is 0. The average molecular weight is 182 g/mol. The van der Waals surface area contributed by atoms with Gasteiger partial charge in [-0.25, -0.2) is 9.63 Å². The number of carboxylic acids is 1. The van der Waals surface area contributed by atoms with Crippen LogP contribution in [-0.2, 0) is 4.84 Å². The molecular formula is C8H8NO4+. The van der Waals surface area contributed by atoms with Crippen LogP contribution in [-0.4, -0.2) is 23.1 Å². The molecule has 1 rings (SSSR count). The first-order chi connectivity index (χ1) is 6.15. The molecule has 0 atom stereocenters. The first-order valence-corrected chi connectivity index (χ1v) is 3.50. The molecule has 0 saturated carbocycles. The van der Waals surface area contributed by atoms with Gasteiger partial charge in [0, 0.05) is 12.1 Å². The fraction of sp³-hybridized carbons (Fsp3) is 0.125. The number of benzene rings is 1. The Bertz CT molecular complexity index is 331. The summed E-state index contributed by atoms with van der Waals surface area (Å²) in [5.74, 6) is -1.03. The molecule has 0 spiro atoms. The lowest BCUT2D eigenvalue weighted by Gasteiger charge is -1.91. The lowest BCUT2D eigenvalue weighted by atomic mass is 10.2. The highest BCUT2D eigenvalue weighted by molar-refractivity contribution is 5.87. The Labute approximate surface area is 74.1 Å². The van der Waals surface area contributed by atoms with Gasteiger partial charge in [-0.1, -0.05) is 0 Å². The summed E-state index contributed by atoms with van der Waals surface area (Å²) in [7, 11) is 1.23. The minimum absolute atomic E-state index is 0.133. The third-order valence-corrected chi connectivity index (χ3v) is 1.49. The van der Waals surface area contributed by atoms with Crippen molar-refractivity contribution in [1.29, 1.82) is 0 Å². The van der Waals surface area contributed by atoms with Gasteiger partial charge in [0.15, 0.2) is 7.11 Å². The molecule has 0 saturated heterocycles. The van der Waals surface area contributed by atoms with Crippen molar-refractivity contribution in [2.45, 2.75) is 0 Å². The molecule has 1 aromatic carbocycles. The molecule has 1 aromatic rings. The van der Waals surface area contributed by atoms with Gasteiger partial charge in [0.25, 0.3) is 4.92 Å². The maximum Gasteiger partial charge on any atom is 0.335 e. The molecule has 0 aromatic heterocycles. The number of nitrogens with zero attached hydrogens (tertiary/aromatic N) is 1. The monoisotopic (exact) mass is 182 g/mol. The van der Waals surface area contributed by atoms with E-state index in [0.29, 0.717) is 4.92 Å². The van der Waals surface area contributed by atoms with Crippen LogP contribution in [0.25, 0.3) is 0 Å². The molecule has 68 valence electrons. The maximum absolute atomic E-state index is 10.8. The van der Waals surface area contributed by atoms with Crippen LogP contribution in [0.3, 0.4) is 0 Å². The molecule has 0 unspecified atom stereocenters. The van der Waals surface area contributed by atoms with Crippen LogP contribution in [0.2, 0.25) is 0 Å². The molecule has 0 bridgehead atoms. The lowest BCUT2D eigenvalue weighted by molar-refractivity contribution is -0.736. The predicted octanol–water partition coefficient (Wildman–Crippen LogP) is 1.36. The van der Waals surface area contributed by atoms with E-state index < -0.39 is 5.97 Å². The molecule has 0 aliphatic carbocycles. The number of aromatic carboxylic acids is 1. The van der Waals surface area contributed by atoms with Crippen LogP contribution >= 0.6 is 0 Å². The third-order valence-electron chi connectivity index (χ3n) is 1.49. The van der Waals surface area contributed by atoms with Crippen molar-refractivity contribution in [3.05, 3.63) is 34.7 Å². The minimum atomic E-state index is -1.03. The fourth-order valence-electron chi connectivity index (χ4n) is 0.831. The number of hydrogen-bond acceptors (Lipinski definition) is 3. The van der Waals surface area contributed by atoms with Gasteiger partial charge in [-0.3, -0.25) is 0 Å². The van der Waals surface area contributed by atoms with Gasteiger partial charge < -0.3 is 5.11 Å². The Morgan fingerprint density at radius 3 is 2.31 bits per heavy atom. The standard InChI is InChI=1S/C8H7NO4/c1-13-9(12)7-4-2-6(3-5-7)8(10)11/h2-5H,1H3/p+1. The average Bonchev–Trinajstić information content (AvgIpc) is 2.17. The zero-order valence-electron chi connectivity index (χ0n) is 6.93. The van der Waals surface area contributed by atoms with Crippen LogP contribution in [0.4, 0.5) is 5.69 Å². The summed E-state index contributed by atoms with van der Waals surface area (Å²) >= 11 is 0. The van der Waals surface area contributed by atoms with Crippen molar-refractivity contribution in [2.75, 3.05) is 7.11 Å². The van der Waals surface area contributed by atoms with E-state index >= 15 is 0 Å². The summed E-state index contributed by atoms with van der Waals surface area (Å²) in [6.45, 7) is 0. The molecule has 0 radical (unpaired) electrons. The molecule has 0 heterocycles. The Morgan fingerprint density at radius 1 is 1.38 bits per heavy atom. The van der Waals surface area contributed by atoms with Crippen LogP contribution in [0.15, 0.2) is 24.3 Å². The van der Waals surface area contributed by atoms with E-state index in [0.717, 1.165) is 0 Å². The van der Waals surface area contributed by atoms with Crippen LogP contribution < -0.4 is 0 Å². The highest BCUT2D eigenvalue weighted by atomic mass is 16.8. The van der Waals surface area contributed by atoms with E-state index in [-0.39, 0.29) is 11.3 Å². The van der Waals surface area contributed by atoms with Crippen molar-refractivity contribution in [2.24, 2.45) is 0 Å². The Morgan fingerprint density at radius 2 is 1.92 bits per heavy atom. The second kappa shape index (κ2) is 3.66. The highest BCUT2D eigenvalue weighted by Crippen LogP contribution is 2.12. The van der Waals surface area contributed by atoms with Crippen molar-refractivity contribution < 1.29 is 19.7 Å². The first kappa shape index (κ1) is 9.18. The van der Waals surface area contributed by atoms with Crippen molar-refractivity contribution in [1.82, 2.24) is 0 Å². The number of carbonyl (C=O) groups is 1. The minimum Gasteiger partial charge on any atom is -0.478 e. The maximum atomic E-state index is 10.8. The molecule has 1 N–H and O–H groups in total. The Kier molecular flexibility index (Phi) is 2.59. The largest absolute Gasteiger partial charge is 0.478 e. The van der Waals surface area contributed by atoms with Gasteiger partial charge in [-0.05, 0) is 12.1 Å². The van der Waals surface area contributed by atoms with E-state index in [4.69, 9.17) is 5.11 Å². The topological polar surface area (TPSA) is 66.6 Å². The number of hydrogen-bond donors (Lipinski definition) is 1. The zero-order chi connectivity index (χ0) is 9.84. The number of rotatable bonds is 3. The Balaban J connectivity index is 2.93. The molecule has 0 amide bonds. The first-order valence-electron chi connectivity index (χ1n) is 3.50. The van der Waals surface area contributed by atoms with Crippen molar-refractivity contribution in [3.8, 4) is 0 Å². The van der Waals surface area contributed by atoms with Gasteiger partial charge in [0.1, 0.15) is 0 Å². The van der Waals surface area contributed by atoms with E-state index in [1.54, 1.807) is 0 Å². The molecule has 0 fully saturated rings. The summed E-state index contributed by atoms with van der Waals surface area (Å²) in [5.41, 5.74) is 0.390. The van der Waals surface area contributed by atoms with Gasteiger partial charge >= 0.3 is 11.7 Å². The summed E-state index contributed by atoms with van der Waals surface area (Å²) < 4.78 is 0. The molecule has 5 nitrogen and oxygen atoms in total. The van der Waals surface area contributed by atoms with E-state index in [2.05, 4.69) is 4.84 Å². The summed E-state index contributed by atoms with van der Waals surface area (Å²) in [5, 5.41) is 8.55. The lowest BCUT2D eigenvalue weighted by Crippen LogP contribution is -1.99. The van der Waals surface area contributed by atoms with Crippen molar-refractivity contribution in [3.63, 3.8) is 0 Å². The van der Waals surface area contributed by atoms with Gasteiger partial charge in [-0.2, -0.15) is 0 Å². The molecule has 13 heavy (non-hydrogen) atoms. The van der Waals surface area contributed by atoms with Crippen LogP contribution in [0.1, 0.15) is 10.4 Å². The van der Waals surface area contributed by atoms with Crippen LogP contribution in [0, 0.1) is 4.91 Å². The second-order valence-electron chi connectivity index (χ2n) is 2.29. The van der Waals surface area contributed by atoms with E-state index in [1.807, 2.05) is 0 Å². The van der Waals surface area contributed by atoms with E-state index in [1.165, 1.54) is 31.4 Å². The smallest absolute Gasteiger partial charge is 0.335 e. The molecular weight excluding hydrogens is 174 g/mol. The molecule has 5 heteroatoms. The summed E-state index contributed by atoms with van der Waals surface area (Å²) in [4.78, 5) is 25.9. The third kappa shape index (κ3) is 2.02. The summed E-state index contributed by atoms with van der Waals surface area (Å²) in [6, 6.07) is 5.42. The fourth-order valence-corrected chi connectivity index (χ4v) is 0.831. The van der Waals surface area contributed by atoms with Crippen molar-refractivity contribution >= 4 is 11.7 Å². The van der Waals surface area contributed by atoms with Gasteiger partial charge in [-0.15, -0.1) is 0 Å². The molecule has 0 aliphatic heterocycles.